The van der Waals surface area contributed by atoms with Gasteiger partial charge in [-0.2, -0.15) is 5.10 Å². The van der Waals surface area contributed by atoms with E-state index in [0.29, 0.717) is 0 Å². The highest BCUT2D eigenvalue weighted by Gasteiger charge is 2.27. The van der Waals surface area contributed by atoms with E-state index in [2.05, 4.69) is 60.5 Å². The predicted molar refractivity (Wildman–Crippen MR) is 136 cm³/mol. The second-order valence-corrected chi connectivity index (χ2v) is 9.31. The first kappa shape index (κ1) is 22.1. The minimum atomic E-state index is 0.0118. The Morgan fingerprint density at radius 1 is 1.03 bits per heavy atom. The Balaban J connectivity index is 1.28. The number of rotatable bonds is 5. The van der Waals surface area contributed by atoms with Crippen LogP contribution < -0.4 is 10.2 Å². The van der Waals surface area contributed by atoms with E-state index >= 15 is 0 Å². The third kappa shape index (κ3) is 4.40. The van der Waals surface area contributed by atoms with Crippen LogP contribution in [0.4, 0.5) is 5.82 Å². The van der Waals surface area contributed by atoms with E-state index in [9.17, 15) is 4.79 Å². The Labute approximate surface area is 200 Å². The molecule has 0 bridgehead atoms. The fourth-order valence-electron chi connectivity index (χ4n) is 4.70. The van der Waals surface area contributed by atoms with Gasteiger partial charge in [-0.25, -0.2) is 9.50 Å². The van der Waals surface area contributed by atoms with Gasteiger partial charge in [-0.3, -0.25) is 4.79 Å². The molecule has 1 amide bonds. The van der Waals surface area contributed by atoms with Crippen LogP contribution in [0.15, 0.2) is 67.0 Å². The van der Waals surface area contributed by atoms with Crippen LogP contribution in [0, 0.1) is 19.8 Å². The van der Waals surface area contributed by atoms with Crippen LogP contribution >= 0.6 is 0 Å². The van der Waals surface area contributed by atoms with Crippen molar-refractivity contribution in [2.45, 2.75) is 39.7 Å². The van der Waals surface area contributed by atoms with Crippen LogP contribution in [-0.4, -0.2) is 33.6 Å². The highest BCUT2D eigenvalue weighted by atomic mass is 16.1. The number of piperidine rings is 1. The summed E-state index contributed by atoms with van der Waals surface area (Å²) in [6.45, 7) is 7.89. The smallest absolute Gasteiger partial charge is 0.223 e. The van der Waals surface area contributed by atoms with Gasteiger partial charge < -0.3 is 10.2 Å². The van der Waals surface area contributed by atoms with Crippen molar-refractivity contribution in [3.8, 4) is 11.3 Å². The monoisotopic (exact) mass is 453 g/mol. The van der Waals surface area contributed by atoms with Gasteiger partial charge >= 0.3 is 0 Å². The van der Waals surface area contributed by atoms with Crippen molar-refractivity contribution < 1.29 is 4.79 Å². The van der Waals surface area contributed by atoms with Crippen LogP contribution in [0.25, 0.3) is 16.8 Å². The van der Waals surface area contributed by atoms with Crippen molar-refractivity contribution in [1.82, 2.24) is 19.9 Å². The number of fused-ring (bicyclic) bond motifs is 1. The quantitative estimate of drug-likeness (QED) is 0.456. The molecule has 1 N–H and O–H groups in total. The molecule has 6 heteroatoms. The molecule has 1 saturated heterocycles. The van der Waals surface area contributed by atoms with E-state index < -0.39 is 0 Å². The van der Waals surface area contributed by atoms with Crippen LogP contribution in [0.1, 0.15) is 42.5 Å². The summed E-state index contributed by atoms with van der Waals surface area (Å²) in [5.74, 6) is 1.10. The molecule has 2 aromatic heterocycles. The largest absolute Gasteiger partial charge is 0.355 e. The molecule has 0 spiro atoms. The van der Waals surface area contributed by atoms with Gasteiger partial charge in [-0.05, 0) is 62.4 Å². The number of aromatic nitrogens is 3. The molecule has 0 aliphatic carbocycles. The van der Waals surface area contributed by atoms with Crippen molar-refractivity contribution in [3.63, 3.8) is 0 Å². The predicted octanol–water partition coefficient (Wildman–Crippen LogP) is 5.11. The van der Waals surface area contributed by atoms with Gasteiger partial charge in [0.05, 0.1) is 11.7 Å². The Morgan fingerprint density at radius 3 is 2.53 bits per heavy atom. The first-order valence-electron chi connectivity index (χ1n) is 12.0. The number of nitrogens with one attached hydrogen (secondary N) is 1. The summed E-state index contributed by atoms with van der Waals surface area (Å²) < 4.78 is 1.91. The average molecular weight is 454 g/mol. The number of hydrogen-bond acceptors (Lipinski definition) is 4. The number of carbonyl (C=O) groups excluding carboxylic acids is 1. The number of amides is 1. The summed E-state index contributed by atoms with van der Waals surface area (Å²) in [6, 6.07) is 18.7. The maximum Gasteiger partial charge on any atom is 0.223 e. The first-order chi connectivity index (χ1) is 16.5. The summed E-state index contributed by atoms with van der Waals surface area (Å²) in [7, 11) is 0. The van der Waals surface area contributed by atoms with Gasteiger partial charge in [0.1, 0.15) is 5.52 Å². The standard InChI is InChI=1S/C28H31N5O/c1-19-9-10-24(17-20(19)2)25-18-26-27(29-13-16-33(26)31-25)32-14-11-23(12-15-32)28(34)30-21(3)22-7-5-4-6-8-22/h4-10,13,16-18,21,23H,11-12,14-15H2,1-3H3,(H,30,34)/t21-/m1/s1. The molecule has 0 saturated carbocycles. The molecule has 174 valence electrons. The number of carbonyl (C=O) groups is 1. The van der Waals surface area contributed by atoms with Crippen molar-refractivity contribution in [3.05, 3.63) is 83.7 Å². The fraction of sp³-hybridized carbons (Fsp3) is 0.321. The topological polar surface area (TPSA) is 62.5 Å². The lowest BCUT2D eigenvalue weighted by molar-refractivity contribution is -0.126. The molecule has 1 aliphatic rings. The highest BCUT2D eigenvalue weighted by Crippen LogP contribution is 2.29. The molecule has 0 unspecified atom stereocenters. The first-order valence-corrected chi connectivity index (χ1v) is 12.0. The fourth-order valence-corrected chi connectivity index (χ4v) is 4.70. The molecule has 3 heterocycles. The minimum absolute atomic E-state index is 0.0118. The van der Waals surface area contributed by atoms with Crippen molar-refractivity contribution in [2.75, 3.05) is 18.0 Å². The van der Waals surface area contributed by atoms with E-state index in [1.165, 1.54) is 11.1 Å². The zero-order chi connectivity index (χ0) is 23.7. The molecular formula is C28H31N5O. The molecule has 0 radical (unpaired) electrons. The Bertz CT molecular complexity index is 1310. The number of hydrogen-bond donors (Lipinski definition) is 1. The molecule has 6 nitrogen and oxygen atoms in total. The molecule has 5 rings (SSSR count). The second-order valence-electron chi connectivity index (χ2n) is 9.31. The van der Waals surface area contributed by atoms with Crippen LogP contribution in [0.5, 0.6) is 0 Å². The zero-order valence-corrected chi connectivity index (χ0v) is 20.0. The number of anilines is 1. The molecule has 34 heavy (non-hydrogen) atoms. The number of benzene rings is 2. The van der Waals surface area contributed by atoms with Crippen molar-refractivity contribution >= 4 is 17.2 Å². The molecule has 2 aromatic carbocycles. The molecule has 1 atom stereocenters. The summed E-state index contributed by atoms with van der Waals surface area (Å²) >= 11 is 0. The lowest BCUT2D eigenvalue weighted by Crippen LogP contribution is -2.41. The SMILES string of the molecule is Cc1ccc(-c2cc3c(N4CCC(C(=O)N[C@H](C)c5ccccc5)CC4)nccn3n2)cc1C. The van der Waals surface area contributed by atoms with Crippen LogP contribution in [0.2, 0.25) is 0 Å². The average Bonchev–Trinajstić information content (AvgIpc) is 3.31. The number of nitrogens with zero attached hydrogens (tertiary/aromatic N) is 4. The van der Waals surface area contributed by atoms with E-state index in [1.54, 1.807) is 6.20 Å². The van der Waals surface area contributed by atoms with Gasteiger partial charge in [-0.1, -0.05) is 42.5 Å². The summed E-state index contributed by atoms with van der Waals surface area (Å²) in [5.41, 5.74) is 6.72. The summed E-state index contributed by atoms with van der Waals surface area (Å²) in [4.78, 5) is 19.9. The summed E-state index contributed by atoms with van der Waals surface area (Å²) in [5, 5.41) is 7.99. The van der Waals surface area contributed by atoms with Gasteiger partial charge in [0, 0.05) is 37.0 Å². The van der Waals surface area contributed by atoms with Crippen molar-refractivity contribution in [1.29, 1.82) is 0 Å². The lowest BCUT2D eigenvalue weighted by atomic mass is 9.95. The molecule has 1 fully saturated rings. The van der Waals surface area contributed by atoms with Gasteiger partial charge in [-0.15, -0.1) is 0 Å². The van der Waals surface area contributed by atoms with Gasteiger partial charge in [0.15, 0.2) is 5.82 Å². The van der Waals surface area contributed by atoms with Crippen LogP contribution in [-0.2, 0) is 4.79 Å². The molecule has 4 aromatic rings. The van der Waals surface area contributed by atoms with Crippen molar-refractivity contribution in [2.24, 2.45) is 5.92 Å². The van der Waals surface area contributed by atoms with Gasteiger partial charge in [0.25, 0.3) is 0 Å². The molecule has 1 aliphatic heterocycles. The second kappa shape index (κ2) is 9.29. The third-order valence-corrected chi connectivity index (χ3v) is 7.00. The molecular weight excluding hydrogens is 422 g/mol. The van der Waals surface area contributed by atoms with Crippen LogP contribution in [0.3, 0.4) is 0 Å². The zero-order valence-electron chi connectivity index (χ0n) is 20.0. The Hall–Kier alpha value is -3.67. The van der Waals surface area contributed by atoms with E-state index in [-0.39, 0.29) is 17.9 Å². The van der Waals surface area contributed by atoms with E-state index in [1.807, 2.05) is 35.8 Å². The normalized spacial score (nSPS) is 15.4. The lowest BCUT2D eigenvalue weighted by Gasteiger charge is -2.32. The summed E-state index contributed by atoms with van der Waals surface area (Å²) in [6.07, 6.45) is 5.33. The van der Waals surface area contributed by atoms with Gasteiger partial charge in [0.2, 0.25) is 5.91 Å². The van der Waals surface area contributed by atoms with E-state index in [0.717, 1.165) is 54.1 Å². The highest BCUT2D eigenvalue weighted by molar-refractivity contribution is 5.80. The Morgan fingerprint density at radius 2 is 1.79 bits per heavy atom. The number of aryl methyl sites for hydroxylation is 2. The third-order valence-electron chi connectivity index (χ3n) is 7.00. The maximum absolute atomic E-state index is 12.9. The minimum Gasteiger partial charge on any atom is -0.355 e. The maximum atomic E-state index is 12.9. The van der Waals surface area contributed by atoms with E-state index in [4.69, 9.17) is 10.1 Å². The Kier molecular flexibility index (Phi) is 6.05.